The highest BCUT2D eigenvalue weighted by Gasteiger charge is 2.16. The first-order valence-corrected chi connectivity index (χ1v) is 6.96. The molecule has 108 valence electrons. The third kappa shape index (κ3) is 3.02. The monoisotopic (exact) mass is 272 g/mol. The fourth-order valence-corrected chi connectivity index (χ4v) is 2.71. The number of hydrogen-bond donors (Lipinski definition) is 1. The van der Waals surface area contributed by atoms with E-state index >= 15 is 0 Å². The lowest BCUT2D eigenvalue weighted by Gasteiger charge is -2.21. The van der Waals surface area contributed by atoms with E-state index in [1.54, 1.807) is 0 Å². The molecular weight excluding hydrogens is 248 g/mol. The van der Waals surface area contributed by atoms with Crippen LogP contribution in [0.15, 0.2) is 24.3 Å². The molecule has 1 N–H and O–H groups in total. The van der Waals surface area contributed by atoms with E-state index in [0.717, 1.165) is 18.8 Å². The van der Waals surface area contributed by atoms with Crippen molar-refractivity contribution < 1.29 is 0 Å². The van der Waals surface area contributed by atoms with Crippen LogP contribution in [0.1, 0.15) is 22.4 Å². The van der Waals surface area contributed by atoms with Gasteiger partial charge < -0.3 is 10.2 Å². The molecule has 2 rings (SSSR count). The zero-order chi connectivity index (χ0) is 14.7. The average molecular weight is 272 g/mol. The van der Waals surface area contributed by atoms with Gasteiger partial charge in [0.05, 0.1) is 5.69 Å². The van der Waals surface area contributed by atoms with Crippen molar-refractivity contribution in [3.63, 3.8) is 0 Å². The van der Waals surface area contributed by atoms with Crippen LogP contribution in [0.3, 0.4) is 0 Å². The van der Waals surface area contributed by atoms with Gasteiger partial charge in [-0.3, -0.25) is 4.68 Å². The summed E-state index contributed by atoms with van der Waals surface area (Å²) in [7, 11) is 6.10. The molecule has 2 aromatic rings. The van der Waals surface area contributed by atoms with E-state index in [9.17, 15) is 0 Å². The van der Waals surface area contributed by atoms with Crippen LogP contribution in [0, 0.1) is 13.8 Å². The Hall–Kier alpha value is -1.81. The summed E-state index contributed by atoms with van der Waals surface area (Å²) in [5.41, 5.74) is 4.98. The second-order valence-electron chi connectivity index (χ2n) is 5.39. The van der Waals surface area contributed by atoms with Gasteiger partial charge in [-0.15, -0.1) is 0 Å². The lowest BCUT2D eigenvalue weighted by molar-refractivity contribution is 0.723. The van der Waals surface area contributed by atoms with Crippen LogP contribution in [-0.4, -0.2) is 23.9 Å². The maximum absolute atomic E-state index is 4.54. The molecule has 1 aromatic carbocycles. The molecule has 0 spiro atoms. The molecule has 0 aliphatic carbocycles. The quantitative estimate of drug-likeness (QED) is 0.907. The zero-order valence-electron chi connectivity index (χ0n) is 13.1. The minimum absolute atomic E-state index is 0.840. The summed E-state index contributed by atoms with van der Waals surface area (Å²) < 4.78 is 1.97. The zero-order valence-corrected chi connectivity index (χ0v) is 13.1. The number of benzene rings is 1. The van der Waals surface area contributed by atoms with Gasteiger partial charge in [0, 0.05) is 32.7 Å². The number of rotatable bonds is 5. The first-order chi connectivity index (χ1) is 9.52. The normalized spacial score (nSPS) is 10.8. The molecule has 20 heavy (non-hydrogen) atoms. The number of nitrogens with zero attached hydrogens (tertiary/aromatic N) is 3. The predicted molar refractivity (Wildman–Crippen MR) is 84.0 cm³/mol. The first-order valence-electron chi connectivity index (χ1n) is 6.96. The minimum atomic E-state index is 0.840. The maximum Gasteiger partial charge on any atom is 0.131 e. The molecular formula is C16H24N4. The minimum Gasteiger partial charge on any atom is -0.355 e. The van der Waals surface area contributed by atoms with E-state index in [1.165, 1.54) is 22.5 Å². The molecule has 0 aliphatic rings. The lowest BCUT2D eigenvalue weighted by Crippen LogP contribution is -2.22. The Morgan fingerprint density at radius 1 is 1.30 bits per heavy atom. The molecule has 0 atom stereocenters. The third-order valence-electron chi connectivity index (χ3n) is 3.53. The van der Waals surface area contributed by atoms with Gasteiger partial charge in [0.2, 0.25) is 0 Å². The summed E-state index contributed by atoms with van der Waals surface area (Å²) in [4.78, 5) is 2.27. The van der Waals surface area contributed by atoms with Crippen LogP contribution >= 0.6 is 0 Å². The standard InChI is InChI=1S/C16H24N4/c1-12-7-6-8-14(9-12)11-19(4)16-15(10-17-3)13(2)18-20(16)5/h6-9,17H,10-11H2,1-5H3. The number of aryl methyl sites for hydroxylation is 3. The SMILES string of the molecule is CNCc1c(C)nn(C)c1N(C)Cc1cccc(C)c1. The van der Waals surface area contributed by atoms with E-state index in [1.807, 2.05) is 18.8 Å². The molecule has 4 nitrogen and oxygen atoms in total. The van der Waals surface area contributed by atoms with E-state index < -0.39 is 0 Å². The number of nitrogens with one attached hydrogen (secondary N) is 1. The molecule has 0 bridgehead atoms. The van der Waals surface area contributed by atoms with Gasteiger partial charge in [-0.2, -0.15) is 5.10 Å². The van der Waals surface area contributed by atoms with Crippen LogP contribution in [0.2, 0.25) is 0 Å². The van der Waals surface area contributed by atoms with Crippen molar-refractivity contribution >= 4 is 5.82 Å². The summed E-state index contributed by atoms with van der Waals surface area (Å²) >= 11 is 0. The lowest BCUT2D eigenvalue weighted by atomic mass is 10.1. The van der Waals surface area contributed by atoms with E-state index in [4.69, 9.17) is 0 Å². The summed E-state index contributed by atoms with van der Waals surface area (Å²) in [5, 5.41) is 7.77. The van der Waals surface area contributed by atoms with Crippen molar-refractivity contribution in [2.75, 3.05) is 19.0 Å². The second-order valence-corrected chi connectivity index (χ2v) is 5.39. The Morgan fingerprint density at radius 2 is 2.05 bits per heavy atom. The van der Waals surface area contributed by atoms with E-state index in [2.05, 4.69) is 60.5 Å². The summed E-state index contributed by atoms with van der Waals surface area (Å²) in [6.45, 7) is 5.92. The Balaban J connectivity index is 2.27. The predicted octanol–water partition coefficient (Wildman–Crippen LogP) is 2.39. The first kappa shape index (κ1) is 14.6. The molecule has 0 fully saturated rings. The maximum atomic E-state index is 4.54. The van der Waals surface area contributed by atoms with Crippen molar-refractivity contribution in [1.29, 1.82) is 0 Å². The Bertz CT molecular complexity index is 586. The van der Waals surface area contributed by atoms with Crippen LogP contribution in [-0.2, 0) is 20.1 Å². The topological polar surface area (TPSA) is 33.1 Å². The van der Waals surface area contributed by atoms with Crippen molar-refractivity contribution in [3.05, 3.63) is 46.6 Å². The number of aromatic nitrogens is 2. The molecule has 4 heteroatoms. The van der Waals surface area contributed by atoms with Gasteiger partial charge in [0.25, 0.3) is 0 Å². The molecule has 0 amide bonds. The molecule has 0 saturated carbocycles. The van der Waals surface area contributed by atoms with Crippen LogP contribution < -0.4 is 10.2 Å². The van der Waals surface area contributed by atoms with Gasteiger partial charge in [-0.1, -0.05) is 29.8 Å². The molecule has 0 aliphatic heterocycles. The van der Waals surface area contributed by atoms with Crippen molar-refractivity contribution in [2.45, 2.75) is 26.9 Å². The van der Waals surface area contributed by atoms with Gasteiger partial charge in [0.15, 0.2) is 0 Å². The third-order valence-corrected chi connectivity index (χ3v) is 3.53. The van der Waals surface area contributed by atoms with Crippen LogP contribution in [0.25, 0.3) is 0 Å². The Morgan fingerprint density at radius 3 is 2.70 bits per heavy atom. The molecule has 0 unspecified atom stereocenters. The highest BCUT2D eigenvalue weighted by atomic mass is 15.4. The Kier molecular flexibility index (Phi) is 4.45. The van der Waals surface area contributed by atoms with Gasteiger partial charge in [0.1, 0.15) is 5.82 Å². The van der Waals surface area contributed by atoms with Crippen molar-refractivity contribution in [2.24, 2.45) is 7.05 Å². The summed E-state index contributed by atoms with van der Waals surface area (Å²) in [6, 6.07) is 8.65. The fourth-order valence-electron chi connectivity index (χ4n) is 2.71. The summed E-state index contributed by atoms with van der Waals surface area (Å²) in [6.07, 6.45) is 0. The number of hydrogen-bond acceptors (Lipinski definition) is 3. The molecule has 0 radical (unpaired) electrons. The van der Waals surface area contributed by atoms with Crippen LogP contribution in [0.4, 0.5) is 5.82 Å². The van der Waals surface area contributed by atoms with E-state index in [0.29, 0.717) is 0 Å². The highest BCUT2D eigenvalue weighted by Crippen LogP contribution is 2.23. The van der Waals surface area contributed by atoms with E-state index in [-0.39, 0.29) is 0 Å². The highest BCUT2D eigenvalue weighted by molar-refractivity contribution is 5.50. The Labute approximate surface area is 121 Å². The molecule has 0 saturated heterocycles. The second kappa shape index (κ2) is 6.09. The average Bonchev–Trinajstić information content (AvgIpc) is 2.65. The summed E-state index contributed by atoms with van der Waals surface area (Å²) in [5.74, 6) is 1.18. The number of anilines is 1. The molecule has 1 heterocycles. The molecule has 1 aromatic heterocycles. The fraction of sp³-hybridized carbons (Fsp3) is 0.438. The van der Waals surface area contributed by atoms with Crippen LogP contribution in [0.5, 0.6) is 0 Å². The smallest absolute Gasteiger partial charge is 0.131 e. The van der Waals surface area contributed by atoms with Gasteiger partial charge >= 0.3 is 0 Å². The van der Waals surface area contributed by atoms with Crippen molar-refractivity contribution in [3.8, 4) is 0 Å². The van der Waals surface area contributed by atoms with Gasteiger partial charge in [-0.05, 0) is 26.5 Å². The largest absolute Gasteiger partial charge is 0.355 e. The van der Waals surface area contributed by atoms with Crippen molar-refractivity contribution in [1.82, 2.24) is 15.1 Å². The van der Waals surface area contributed by atoms with Gasteiger partial charge in [-0.25, -0.2) is 0 Å².